The number of amides is 1. The number of nitrogens with one attached hydrogen (secondary N) is 1. The molecule has 140 valence electrons. The van der Waals surface area contributed by atoms with E-state index in [4.69, 9.17) is 9.47 Å². The molecule has 24 heavy (non-hydrogen) atoms. The molecule has 0 aromatic heterocycles. The lowest BCUT2D eigenvalue weighted by molar-refractivity contribution is -0.0629. The number of carbonyl (C=O) groups is 1. The van der Waals surface area contributed by atoms with Crippen molar-refractivity contribution in [1.29, 1.82) is 0 Å². The van der Waals surface area contributed by atoms with Gasteiger partial charge in [0.05, 0.1) is 5.60 Å². The lowest BCUT2D eigenvalue weighted by Crippen LogP contribution is -2.48. The van der Waals surface area contributed by atoms with Crippen LogP contribution in [0.25, 0.3) is 0 Å². The Morgan fingerprint density at radius 3 is 2.71 bits per heavy atom. The molecule has 2 fully saturated rings. The molecule has 2 unspecified atom stereocenters. The normalized spacial score (nSPS) is 25.5. The van der Waals surface area contributed by atoms with Gasteiger partial charge in [-0.2, -0.15) is 0 Å². The van der Waals surface area contributed by atoms with E-state index in [9.17, 15) is 9.90 Å². The van der Waals surface area contributed by atoms with Gasteiger partial charge in [-0.25, -0.2) is 4.79 Å². The van der Waals surface area contributed by atoms with Gasteiger partial charge in [0.15, 0.2) is 0 Å². The number of aliphatic hydroxyl groups is 1. The van der Waals surface area contributed by atoms with E-state index in [0.717, 1.165) is 25.8 Å². The maximum Gasteiger partial charge on any atom is 0.410 e. The zero-order valence-electron chi connectivity index (χ0n) is 15.6. The maximum atomic E-state index is 12.3. The number of hydrogen-bond acceptors (Lipinski definition) is 5. The molecule has 2 aliphatic rings. The molecule has 2 saturated heterocycles. The van der Waals surface area contributed by atoms with Crippen molar-refractivity contribution in [1.82, 2.24) is 10.2 Å². The van der Waals surface area contributed by atoms with Crippen molar-refractivity contribution in [2.45, 2.75) is 83.1 Å². The SMILES string of the molecule is CC(CC1CCCN1C(=O)OC(C)(C)C)NCC1(O)CCOCC1. The number of likely N-dealkylation sites (tertiary alicyclic amines) is 1. The van der Waals surface area contributed by atoms with E-state index in [1.165, 1.54) is 0 Å². The molecule has 6 heteroatoms. The molecule has 1 amide bonds. The fourth-order valence-corrected chi connectivity index (χ4v) is 3.43. The predicted molar refractivity (Wildman–Crippen MR) is 93.0 cm³/mol. The van der Waals surface area contributed by atoms with Crippen molar-refractivity contribution >= 4 is 6.09 Å². The zero-order valence-corrected chi connectivity index (χ0v) is 15.6. The largest absolute Gasteiger partial charge is 0.444 e. The molecule has 2 aliphatic heterocycles. The average molecular weight is 342 g/mol. The molecule has 0 radical (unpaired) electrons. The van der Waals surface area contributed by atoms with Crippen molar-refractivity contribution < 1.29 is 19.4 Å². The topological polar surface area (TPSA) is 71.0 Å². The summed E-state index contributed by atoms with van der Waals surface area (Å²) in [6, 6.07) is 0.455. The average Bonchev–Trinajstić information content (AvgIpc) is 2.92. The van der Waals surface area contributed by atoms with Gasteiger partial charge in [0.1, 0.15) is 5.60 Å². The molecule has 0 bridgehead atoms. The van der Waals surface area contributed by atoms with Crippen LogP contribution in [-0.2, 0) is 9.47 Å². The quantitative estimate of drug-likeness (QED) is 0.802. The highest BCUT2D eigenvalue weighted by atomic mass is 16.6. The Bertz CT molecular complexity index is 416. The number of ether oxygens (including phenoxy) is 2. The summed E-state index contributed by atoms with van der Waals surface area (Å²) in [6.07, 6.45) is 4.08. The summed E-state index contributed by atoms with van der Waals surface area (Å²) in [7, 11) is 0. The van der Waals surface area contributed by atoms with Crippen LogP contribution >= 0.6 is 0 Å². The third kappa shape index (κ3) is 5.90. The first kappa shape index (κ1) is 19.5. The summed E-state index contributed by atoms with van der Waals surface area (Å²) in [4.78, 5) is 14.2. The molecule has 2 atom stereocenters. The number of carbonyl (C=O) groups excluding carboxylic acids is 1. The molecular formula is C18H34N2O4. The minimum absolute atomic E-state index is 0.208. The second-order valence-electron chi connectivity index (χ2n) is 8.32. The molecule has 2 N–H and O–H groups in total. The second-order valence-corrected chi connectivity index (χ2v) is 8.32. The van der Waals surface area contributed by atoms with Gasteiger partial charge in [-0.3, -0.25) is 0 Å². The van der Waals surface area contributed by atoms with Crippen LogP contribution in [0.4, 0.5) is 4.79 Å². The number of nitrogens with zero attached hydrogens (tertiary/aromatic N) is 1. The minimum Gasteiger partial charge on any atom is -0.444 e. The summed E-state index contributed by atoms with van der Waals surface area (Å²) < 4.78 is 10.8. The van der Waals surface area contributed by atoms with E-state index in [-0.39, 0.29) is 18.2 Å². The molecule has 0 aromatic carbocycles. The van der Waals surface area contributed by atoms with Crippen LogP contribution in [0.5, 0.6) is 0 Å². The van der Waals surface area contributed by atoms with Gasteiger partial charge in [0.25, 0.3) is 0 Å². The van der Waals surface area contributed by atoms with Crippen molar-refractivity contribution in [3.63, 3.8) is 0 Å². The third-order valence-corrected chi connectivity index (χ3v) is 4.83. The van der Waals surface area contributed by atoms with Gasteiger partial charge in [-0.05, 0) is 47.0 Å². The molecule has 0 aromatic rings. The smallest absolute Gasteiger partial charge is 0.410 e. The standard InChI is InChI=1S/C18H34N2O4/c1-14(19-13-18(22)7-10-23-11-8-18)12-15-6-5-9-20(15)16(21)24-17(2,3)4/h14-15,19,22H,5-13H2,1-4H3. The first-order valence-corrected chi connectivity index (χ1v) is 9.22. The fraction of sp³-hybridized carbons (Fsp3) is 0.944. The van der Waals surface area contributed by atoms with E-state index in [1.807, 2.05) is 25.7 Å². The highest BCUT2D eigenvalue weighted by Crippen LogP contribution is 2.25. The van der Waals surface area contributed by atoms with Crippen LogP contribution < -0.4 is 5.32 Å². The number of hydrogen-bond donors (Lipinski definition) is 2. The van der Waals surface area contributed by atoms with Crippen molar-refractivity contribution in [2.75, 3.05) is 26.3 Å². The summed E-state index contributed by atoms with van der Waals surface area (Å²) in [5.41, 5.74) is -1.12. The molecule has 2 rings (SSSR count). The van der Waals surface area contributed by atoms with Crippen LogP contribution in [0.1, 0.15) is 59.8 Å². The lowest BCUT2D eigenvalue weighted by Gasteiger charge is -2.34. The van der Waals surface area contributed by atoms with Crippen LogP contribution in [-0.4, -0.2) is 65.7 Å². The van der Waals surface area contributed by atoms with Gasteiger partial charge in [0, 0.05) is 51.2 Å². The van der Waals surface area contributed by atoms with Crippen molar-refractivity contribution in [2.24, 2.45) is 0 Å². The third-order valence-electron chi connectivity index (χ3n) is 4.83. The highest BCUT2D eigenvalue weighted by Gasteiger charge is 2.34. The Balaban J connectivity index is 1.79. The summed E-state index contributed by atoms with van der Waals surface area (Å²) >= 11 is 0. The van der Waals surface area contributed by atoms with Crippen LogP contribution in [0.2, 0.25) is 0 Å². The van der Waals surface area contributed by atoms with Gasteiger partial charge >= 0.3 is 6.09 Å². The highest BCUT2D eigenvalue weighted by molar-refractivity contribution is 5.68. The fourth-order valence-electron chi connectivity index (χ4n) is 3.43. The Kier molecular flexibility index (Phi) is 6.51. The van der Waals surface area contributed by atoms with Crippen LogP contribution in [0, 0.1) is 0 Å². The Morgan fingerprint density at radius 1 is 1.42 bits per heavy atom. The monoisotopic (exact) mass is 342 g/mol. The van der Waals surface area contributed by atoms with E-state index in [1.54, 1.807) is 0 Å². The van der Waals surface area contributed by atoms with Gasteiger partial charge in [0.2, 0.25) is 0 Å². The van der Waals surface area contributed by atoms with E-state index >= 15 is 0 Å². The van der Waals surface area contributed by atoms with Gasteiger partial charge in [-0.1, -0.05) is 0 Å². The van der Waals surface area contributed by atoms with Crippen molar-refractivity contribution in [3.05, 3.63) is 0 Å². The molecule has 0 saturated carbocycles. The lowest BCUT2D eigenvalue weighted by atomic mass is 9.94. The van der Waals surface area contributed by atoms with Crippen molar-refractivity contribution in [3.8, 4) is 0 Å². The summed E-state index contributed by atoms with van der Waals surface area (Å²) in [6.45, 7) is 10.4. The first-order chi connectivity index (χ1) is 11.2. The van der Waals surface area contributed by atoms with Crippen LogP contribution in [0.3, 0.4) is 0 Å². The minimum atomic E-state index is -0.660. The summed E-state index contributed by atoms with van der Waals surface area (Å²) in [5, 5.41) is 14.0. The predicted octanol–water partition coefficient (Wildman–Crippen LogP) is 2.30. The van der Waals surface area contributed by atoms with Gasteiger partial charge < -0.3 is 24.8 Å². The molecule has 2 heterocycles. The summed E-state index contributed by atoms with van der Waals surface area (Å²) in [5.74, 6) is 0. The Morgan fingerprint density at radius 2 is 2.08 bits per heavy atom. The molecule has 6 nitrogen and oxygen atoms in total. The van der Waals surface area contributed by atoms with Gasteiger partial charge in [-0.15, -0.1) is 0 Å². The molecule has 0 spiro atoms. The van der Waals surface area contributed by atoms with E-state index < -0.39 is 11.2 Å². The molecular weight excluding hydrogens is 308 g/mol. The van der Waals surface area contributed by atoms with Crippen LogP contribution in [0.15, 0.2) is 0 Å². The number of rotatable bonds is 5. The first-order valence-electron chi connectivity index (χ1n) is 9.22. The second kappa shape index (κ2) is 8.02. The Labute approximate surface area is 145 Å². The zero-order chi connectivity index (χ0) is 17.8. The Hall–Kier alpha value is -0.850. The van der Waals surface area contributed by atoms with E-state index in [2.05, 4.69) is 12.2 Å². The van der Waals surface area contributed by atoms with E-state index in [0.29, 0.717) is 32.6 Å². The molecule has 0 aliphatic carbocycles. The maximum absolute atomic E-state index is 12.3.